The molecule has 172 valence electrons. The molecule has 1 saturated heterocycles. The molecule has 0 spiro atoms. The Balaban J connectivity index is 1.59. The maximum absolute atomic E-state index is 12.7. The number of esters is 1. The van der Waals surface area contributed by atoms with Crippen molar-refractivity contribution < 1.29 is 24.0 Å². The SMILES string of the molecule is CCc1cc2c(COC(=O)c3ccc(N4CCCCC4)c([N+](=O)[O-])c3)cc(=O)oc2cc1O. The molecule has 1 aliphatic rings. The smallest absolute Gasteiger partial charge is 0.338 e. The number of ether oxygens (including phenoxy) is 1. The van der Waals surface area contributed by atoms with Gasteiger partial charge in [0, 0.05) is 42.2 Å². The molecule has 1 N–H and O–H groups in total. The summed E-state index contributed by atoms with van der Waals surface area (Å²) in [5.41, 5.74) is 1.04. The molecular formula is C24H24N2O7. The van der Waals surface area contributed by atoms with Crippen molar-refractivity contribution in [2.45, 2.75) is 39.2 Å². The minimum absolute atomic E-state index is 0.0170. The van der Waals surface area contributed by atoms with Crippen LogP contribution in [0.5, 0.6) is 5.75 Å². The molecule has 0 aliphatic carbocycles. The second-order valence-corrected chi connectivity index (χ2v) is 8.01. The third kappa shape index (κ3) is 4.67. The highest BCUT2D eigenvalue weighted by Crippen LogP contribution is 2.32. The normalized spacial score (nSPS) is 13.8. The summed E-state index contributed by atoms with van der Waals surface area (Å²) in [6.45, 7) is 3.13. The zero-order valence-corrected chi connectivity index (χ0v) is 18.2. The summed E-state index contributed by atoms with van der Waals surface area (Å²) in [5.74, 6) is -0.720. The van der Waals surface area contributed by atoms with Crippen molar-refractivity contribution in [3.63, 3.8) is 0 Å². The van der Waals surface area contributed by atoms with E-state index < -0.39 is 16.5 Å². The van der Waals surface area contributed by atoms with Gasteiger partial charge in [0.05, 0.1) is 10.5 Å². The van der Waals surface area contributed by atoms with Gasteiger partial charge in [-0.1, -0.05) is 6.92 Å². The van der Waals surface area contributed by atoms with E-state index in [2.05, 4.69) is 0 Å². The van der Waals surface area contributed by atoms with Crippen molar-refractivity contribution in [1.82, 2.24) is 0 Å². The second-order valence-electron chi connectivity index (χ2n) is 8.01. The van der Waals surface area contributed by atoms with Crippen LogP contribution in [0.1, 0.15) is 47.7 Å². The molecule has 0 radical (unpaired) electrons. The first-order chi connectivity index (χ1) is 15.9. The van der Waals surface area contributed by atoms with Crippen molar-refractivity contribution in [3.8, 4) is 5.75 Å². The number of carbonyl (C=O) groups is 1. The number of rotatable bonds is 6. The predicted octanol–water partition coefficient (Wildman–Crippen LogP) is 4.32. The van der Waals surface area contributed by atoms with Gasteiger partial charge in [-0.25, -0.2) is 9.59 Å². The maximum atomic E-state index is 12.7. The largest absolute Gasteiger partial charge is 0.508 e. The number of nitro benzene ring substituents is 1. The number of fused-ring (bicyclic) bond motifs is 1. The molecule has 1 aliphatic heterocycles. The molecule has 1 fully saturated rings. The number of phenols is 1. The van der Waals surface area contributed by atoms with Crippen LogP contribution >= 0.6 is 0 Å². The Morgan fingerprint density at radius 2 is 1.91 bits per heavy atom. The molecule has 1 aromatic heterocycles. The van der Waals surface area contributed by atoms with Crippen LogP contribution in [0.15, 0.2) is 45.6 Å². The highest BCUT2D eigenvalue weighted by molar-refractivity contribution is 5.92. The molecule has 2 aromatic carbocycles. The molecule has 0 atom stereocenters. The number of carbonyl (C=O) groups excluding carboxylic acids is 1. The fourth-order valence-corrected chi connectivity index (χ4v) is 4.14. The lowest BCUT2D eigenvalue weighted by molar-refractivity contribution is -0.384. The van der Waals surface area contributed by atoms with E-state index in [1.807, 2.05) is 11.8 Å². The molecule has 9 nitrogen and oxygen atoms in total. The minimum atomic E-state index is -0.737. The number of anilines is 1. The van der Waals surface area contributed by atoms with Crippen LogP contribution in [0.3, 0.4) is 0 Å². The zero-order valence-electron chi connectivity index (χ0n) is 18.2. The lowest BCUT2D eigenvalue weighted by Crippen LogP contribution is -2.30. The average molecular weight is 452 g/mol. The van der Waals surface area contributed by atoms with Crippen LogP contribution in [0.4, 0.5) is 11.4 Å². The number of phenolic OH excluding ortho intramolecular Hbond substituents is 1. The van der Waals surface area contributed by atoms with Gasteiger partial charge in [-0.05, 0) is 49.4 Å². The molecule has 0 saturated carbocycles. The third-order valence-corrected chi connectivity index (χ3v) is 5.87. The molecule has 3 aromatic rings. The first kappa shape index (κ1) is 22.3. The van der Waals surface area contributed by atoms with E-state index in [1.54, 1.807) is 12.1 Å². The highest BCUT2D eigenvalue weighted by atomic mass is 16.6. The number of piperidine rings is 1. The van der Waals surface area contributed by atoms with Gasteiger partial charge in [0.25, 0.3) is 5.69 Å². The summed E-state index contributed by atoms with van der Waals surface area (Å²) in [7, 11) is 0. The molecule has 0 bridgehead atoms. The lowest BCUT2D eigenvalue weighted by atomic mass is 10.0. The quantitative estimate of drug-likeness (QED) is 0.254. The van der Waals surface area contributed by atoms with E-state index >= 15 is 0 Å². The van der Waals surface area contributed by atoms with Crippen LogP contribution in [-0.4, -0.2) is 29.1 Å². The lowest BCUT2D eigenvalue weighted by Gasteiger charge is -2.28. The summed E-state index contributed by atoms with van der Waals surface area (Å²) >= 11 is 0. The minimum Gasteiger partial charge on any atom is -0.508 e. The van der Waals surface area contributed by atoms with Gasteiger partial charge in [-0.15, -0.1) is 0 Å². The Labute approximate surface area is 189 Å². The molecule has 0 unspecified atom stereocenters. The van der Waals surface area contributed by atoms with Crippen LogP contribution < -0.4 is 10.5 Å². The second kappa shape index (κ2) is 9.32. The van der Waals surface area contributed by atoms with E-state index in [1.165, 1.54) is 24.3 Å². The van der Waals surface area contributed by atoms with Crippen LogP contribution in [0.2, 0.25) is 0 Å². The fourth-order valence-electron chi connectivity index (χ4n) is 4.14. The topological polar surface area (TPSA) is 123 Å². The summed E-state index contributed by atoms with van der Waals surface area (Å²) in [6.07, 6.45) is 3.60. The Morgan fingerprint density at radius 3 is 2.61 bits per heavy atom. The van der Waals surface area contributed by atoms with Gasteiger partial charge in [0.2, 0.25) is 0 Å². The summed E-state index contributed by atoms with van der Waals surface area (Å²) in [6, 6.07) is 8.62. The maximum Gasteiger partial charge on any atom is 0.338 e. The van der Waals surface area contributed by atoms with E-state index in [9.17, 15) is 24.8 Å². The van der Waals surface area contributed by atoms with Gasteiger partial charge < -0.3 is 19.2 Å². The van der Waals surface area contributed by atoms with Crippen LogP contribution in [-0.2, 0) is 17.8 Å². The Kier molecular flexibility index (Phi) is 6.30. The Bertz CT molecular complexity index is 1280. The van der Waals surface area contributed by atoms with Crippen LogP contribution in [0.25, 0.3) is 11.0 Å². The van der Waals surface area contributed by atoms with E-state index in [0.29, 0.717) is 28.6 Å². The first-order valence-electron chi connectivity index (χ1n) is 10.9. The molecule has 0 amide bonds. The number of benzene rings is 2. The van der Waals surface area contributed by atoms with Crippen LogP contribution in [0, 0.1) is 10.1 Å². The standard InChI is InChI=1S/C24H24N2O7/c1-2-15-10-18-17(12-23(28)33-22(18)13-21(15)27)14-32-24(29)16-6-7-19(20(11-16)26(30)31)25-8-4-3-5-9-25/h6-7,10-13,27H,2-5,8-9,14H2,1H3. The monoisotopic (exact) mass is 452 g/mol. The Morgan fingerprint density at radius 1 is 1.15 bits per heavy atom. The van der Waals surface area contributed by atoms with E-state index in [0.717, 1.165) is 32.4 Å². The molecule has 33 heavy (non-hydrogen) atoms. The summed E-state index contributed by atoms with van der Waals surface area (Å²) in [5, 5.41) is 22.2. The van der Waals surface area contributed by atoms with Gasteiger partial charge >= 0.3 is 11.6 Å². The highest BCUT2D eigenvalue weighted by Gasteiger charge is 2.24. The van der Waals surface area contributed by atoms with Gasteiger partial charge in [0.15, 0.2) is 0 Å². The Hall–Kier alpha value is -3.88. The van der Waals surface area contributed by atoms with Crippen molar-refractivity contribution >= 4 is 28.3 Å². The number of aromatic hydroxyl groups is 1. The molecular weight excluding hydrogens is 428 g/mol. The molecule has 9 heteroatoms. The van der Waals surface area contributed by atoms with E-state index in [4.69, 9.17) is 9.15 Å². The number of hydrogen-bond acceptors (Lipinski definition) is 8. The number of nitro groups is 1. The van der Waals surface area contributed by atoms with E-state index in [-0.39, 0.29) is 29.2 Å². The summed E-state index contributed by atoms with van der Waals surface area (Å²) in [4.78, 5) is 37.7. The van der Waals surface area contributed by atoms with Gasteiger partial charge in [-0.2, -0.15) is 0 Å². The van der Waals surface area contributed by atoms with Crippen molar-refractivity contribution in [1.29, 1.82) is 0 Å². The van der Waals surface area contributed by atoms with Crippen molar-refractivity contribution in [2.75, 3.05) is 18.0 Å². The zero-order chi connectivity index (χ0) is 23.5. The third-order valence-electron chi connectivity index (χ3n) is 5.87. The fraction of sp³-hybridized carbons (Fsp3) is 0.333. The molecule has 4 rings (SSSR count). The van der Waals surface area contributed by atoms with Crippen molar-refractivity contribution in [2.24, 2.45) is 0 Å². The van der Waals surface area contributed by atoms with Crippen molar-refractivity contribution in [3.05, 3.63) is 73.6 Å². The predicted molar refractivity (Wildman–Crippen MR) is 122 cm³/mol. The summed E-state index contributed by atoms with van der Waals surface area (Å²) < 4.78 is 10.5. The molecule has 2 heterocycles. The number of aryl methyl sites for hydroxylation is 1. The average Bonchev–Trinajstić information content (AvgIpc) is 2.82. The first-order valence-corrected chi connectivity index (χ1v) is 10.9. The van der Waals surface area contributed by atoms with Gasteiger partial charge in [-0.3, -0.25) is 10.1 Å². The number of nitrogens with zero attached hydrogens (tertiary/aromatic N) is 2. The number of hydrogen-bond donors (Lipinski definition) is 1. The van der Waals surface area contributed by atoms with Gasteiger partial charge in [0.1, 0.15) is 23.6 Å².